The van der Waals surface area contributed by atoms with E-state index in [2.05, 4.69) is 10.2 Å². The Kier molecular flexibility index (Phi) is 4.06. The summed E-state index contributed by atoms with van der Waals surface area (Å²) in [6.07, 6.45) is 3.91. The van der Waals surface area contributed by atoms with Crippen molar-refractivity contribution < 1.29 is 14.4 Å². The number of carbonyl (C=O) groups is 3. The van der Waals surface area contributed by atoms with Crippen molar-refractivity contribution in [2.75, 3.05) is 19.6 Å². The Morgan fingerprint density at radius 2 is 1.96 bits per heavy atom. The Morgan fingerprint density at radius 3 is 2.65 bits per heavy atom. The van der Waals surface area contributed by atoms with E-state index in [9.17, 15) is 14.4 Å². The first kappa shape index (κ1) is 15.5. The predicted molar refractivity (Wildman–Crippen MR) is 81.5 cm³/mol. The number of rotatable bonds is 2. The van der Waals surface area contributed by atoms with Crippen molar-refractivity contribution in [3.05, 3.63) is 17.0 Å². The zero-order chi connectivity index (χ0) is 16.6. The van der Waals surface area contributed by atoms with Crippen LogP contribution in [-0.2, 0) is 22.4 Å². The molecule has 3 amide bonds. The summed E-state index contributed by atoms with van der Waals surface area (Å²) in [4.78, 5) is 39.0. The highest BCUT2D eigenvalue weighted by Gasteiger charge is 2.36. The van der Waals surface area contributed by atoms with Gasteiger partial charge in [0, 0.05) is 31.3 Å². The number of amides is 3. The zero-order valence-corrected chi connectivity index (χ0v) is 13.2. The van der Waals surface area contributed by atoms with E-state index in [1.54, 1.807) is 4.90 Å². The van der Waals surface area contributed by atoms with Crippen LogP contribution in [0.1, 0.15) is 41.5 Å². The zero-order valence-electron chi connectivity index (χ0n) is 13.2. The van der Waals surface area contributed by atoms with Gasteiger partial charge in [-0.25, -0.2) is 0 Å². The number of nitrogens with two attached hydrogens (primary N) is 1. The van der Waals surface area contributed by atoms with E-state index in [4.69, 9.17) is 5.73 Å². The fourth-order valence-corrected chi connectivity index (χ4v) is 3.40. The highest BCUT2D eigenvalue weighted by atomic mass is 16.2. The maximum Gasteiger partial charge on any atom is 0.274 e. The smallest absolute Gasteiger partial charge is 0.274 e. The number of nitrogens with one attached hydrogen (secondary N) is 1. The molecule has 3 rings (SSSR count). The Labute approximate surface area is 134 Å². The average molecular weight is 319 g/mol. The second-order valence-corrected chi connectivity index (χ2v) is 6.12. The Balaban J connectivity index is 1.79. The Morgan fingerprint density at radius 1 is 1.22 bits per heavy atom. The summed E-state index contributed by atoms with van der Waals surface area (Å²) < 4.78 is 0. The number of fused-ring (bicyclic) bond motifs is 1. The number of carbonyl (C=O) groups excluding carboxylic acids is 3. The minimum Gasteiger partial charge on any atom is -0.368 e. The highest BCUT2D eigenvalue weighted by Crippen LogP contribution is 2.24. The number of aromatic amines is 1. The van der Waals surface area contributed by atoms with E-state index in [-0.39, 0.29) is 18.4 Å². The van der Waals surface area contributed by atoms with Crippen LogP contribution < -0.4 is 5.73 Å². The lowest BCUT2D eigenvalue weighted by Gasteiger charge is -2.39. The van der Waals surface area contributed by atoms with Crippen molar-refractivity contribution >= 4 is 17.7 Å². The molecule has 0 saturated carbocycles. The molecule has 1 aromatic rings. The Bertz CT molecular complexity index is 654. The van der Waals surface area contributed by atoms with Gasteiger partial charge in [0.25, 0.3) is 5.91 Å². The molecule has 1 fully saturated rings. The van der Waals surface area contributed by atoms with Crippen LogP contribution in [0.2, 0.25) is 0 Å². The van der Waals surface area contributed by atoms with Gasteiger partial charge >= 0.3 is 0 Å². The van der Waals surface area contributed by atoms with Gasteiger partial charge in [-0.15, -0.1) is 0 Å². The molecule has 1 aliphatic heterocycles. The third kappa shape index (κ3) is 2.80. The third-order valence-electron chi connectivity index (χ3n) is 4.66. The van der Waals surface area contributed by atoms with Crippen molar-refractivity contribution in [2.24, 2.45) is 5.73 Å². The van der Waals surface area contributed by atoms with Crippen LogP contribution in [0.15, 0.2) is 0 Å². The molecule has 1 saturated heterocycles. The lowest BCUT2D eigenvalue weighted by molar-refractivity contribution is -0.140. The van der Waals surface area contributed by atoms with Crippen molar-refractivity contribution in [1.29, 1.82) is 0 Å². The maximum absolute atomic E-state index is 12.8. The molecule has 23 heavy (non-hydrogen) atoms. The van der Waals surface area contributed by atoms with Crippen LogP contribution in [-0.4, -0.2) is 63.4 Å². The quantitative estimate of drug-likeness (QED) is 0.761. The number of H-pyrrole nitrogens is 1. The molecular formula is C15H21N5O3. The summed E-state index contributed by atoms with van der Waals surface area (Å²) in [6.45, 7) is 2.21. The van der Waals surface area contributed by atoms with E-state index < -0.39 is 11.9 Å². The van der Waals surface area contributed by atoms with Crippen LogP contribution in [0.3, 0.4) is 0 Å². The predicted octanol–water partition coefficient (Wildman–Crippen LogP) is -0.553. The van der Waals surface area contributed by atoms with Crippen molar-refractivity contribution in [2.45, 2.75) is 38.6 Å². The summed E-state index contributed by atoms with van der Waals surface area (Å²) >= 11 is 0. The van der Waals surface area contributed by atoms with Crippen LogP contribution in [0.25, 0.3) is 0 Å². The number of primary amides is 1. The van der Waals surface area contributed by atoms with Crippen LogP contribution in [0.4, 0.5) is 0 Å². The van der Waals surface area contributed by atoms with Gasteiger partial charge in [-0.2, -0.15) is 5.10 Å². The van der Waals surface area contributed by atoms with Gasteiger partial charge in [0.1, 0.15) is 6.04 Å². The second-order valence-electron chi connectivity index (χ2n) is 6.12. The number of aryl methyl sites for hydroxylation is 1. The van der Waals surface area contributed by atoms with Crippen LogP contribution >= 0.6 is 0 Å². The summed E-state index contributed by atoms with van der Waals surface area (Å²) in [7, 11) is 0. The molecule has 1 atom stereocenters. The number of hydrogen-bond donors (Lipinski definition) is 2. The third-order valence-corrected chi connectivity index (χ3v) is 4.66. The number of piperazine rings is 1. The fourth-order valence-electron chi connectivity index (χ4n) is 3.40. The van der Waals surface area contributed by atoms with Gasteiger partial charge in [0.15, 0.2) is 5.69 Å². The minimum atomic E-state index is -0.778. The monoisotopic (exact) mass is 319 g/mol. The van der Waals surface area contributed by atoms with Crippen LogP contribution in [0.5, 0.6) is 0 Å². The number of aromatic nitrogens is 2. The lowest BCUT2D eigenvalue weighted by atomic mass is 9.95. The van der Waals surface area contributed by atoms with Gasteiger partial charge in [0.2, 0.25) is 11.8 Å². The molecule has 124 valence electrons. The topological polar surface area (TPSA) is 112 Å². The molecule has 0 spiro atoms. The standard InChI is InChI=1S/C15H21N5O3/c1-9(21)20-7-6-19(8-12(20)14(16)22)15(23)13-10-4-2-3-5-11(10)17-18-13/h12H,2-8H2,1H3,(H2,16,22)(H,17,18)/t12-/m1/s1. The van der Waals surface area contributed by atoms with Gasteiger partial charge < -0.3 is 15.5 Å². The Hall–Kier alpha value is -2.38. The maximum atomic E-state index is 12.8. The molecule has 2 aliphatic rings. The highest BCUT2D eigenvalue weighted by molar-refractivity contribution is 5.95. The van der Waals surface area contributed by atoms with Gasteiger partial charge in [-0.05, 0) is 25.7 Å². The summed E-state index contributed by atoms with van der Waals surface area (Å²) in [5.41, 5.74) is 7.87. The summed E-state index contributed by atoms with van der Waals surface area (Å²) in [6, 6.07) is -0.778. The van der Waals surface area contributed by atoms with E-state index in [1.807, 2.05) is 0 Å². The van der Waals surface area contributed by atoms with E-state index in [0.717, 1.165) is 36.9 Å². The van der Waals surface area contributed by atoms with Crippen molar-refractivity contribution in [3.63, 3.8) is 0 Å². The van der Waals surface area contributed by atoms with Gasteiger partial charge in [-0.3, -0.25) is 19.5 Å². The lowest BCUT2D eigenvalue weighted by Crippen LogP contribution is -2.60. The van der Waals surface area contributed by atoms with E-state index in [1.165, 1.54) is 11.8 Å². The van der Waals surface area contributed by atoms with E-state index >= 15 is 0 Å². The summed E-state index contributed by atoms with van der Waals surface area (Å²) in [5, 5.41) is 7.14. The van der Waals surface area contributed by atoms with Gasteiger partial charge in [0.05, 0.1) is 6.54 Å². The molecule has 8 nitrogen and oxygen atoms in total. The molecule has 3 N–H and O–H groups in total. The van der Waals surface area contributed by atoms with Crippen molar-refractivity contribution in [3.8, 4) is 0 Å². The first-order valence-corrected chi connectivity index (χ1v) is 7.91. The molecule has 2 heterocycles. The molecule has 8 heteroatoms. The molecule has 0 radical (unpaired) electrons. The fraction of sp³-hybridized carbons (Fsp3) is 0.600. The molecule has 1 aromatic heterocycles. The van der Waals surface area contributed by atoms with Crippen LogP contribution in [0, 0.1) is 0 Å². The first-order chi connectivity index (χ1) is 11.0. The average Bonchev–Trinajstić information content (AvgIpc) is 2.97. The first-order valence-electron chi connectivity index (χ1n) is 7.91. The molecule has 0 unspecified atom stereocenters. The van der Waals surface area contributed by atoms with Crippen molar-refractivity contribution in [1.82, 2.24) is 20.0 Å². The largest absolute Gasteiger partial charge is 0.368 e. The molecule has 0 aromatic carbocycles. The molecule has 1 aliphatic carbocycles. The second kappa shape index (κ2) is 6.02. The minimum absolute atomic E-state index is 0.120. The SMILES string of the molecule is CC(=O)N1CCN(C(=O)c2n[nH]c3c2CCCC3)C[C@@H]1C(N)=O. The summed E-state index contributed by atoms with van der Waals surface area (Å²) in [5.74, 6) is -1.00. The van der Waals surface area contributed by atoms with Gasteiger partial charge in [-0.1, -0.05) is 0 Å². The normalized spacial score (nSPS) is 21.0. The number of nitrogens with zero attached hydrogens (tertiary/aromatic N) is 3. The number of hydrogen-bond acceptors (Lipinski definition) is 4. The molecule has 0 bridgehead atoms. The van der Waals surface area contributed by atoms with E-state index in [0.29, 0.717) is 18.8 Å². The molecular weight excluding hydrogens is 298 g/mol.